The molecule has 0 radical (unpaired) electrons. The zero-order chi connectivity index (χ0) is 22.6. The van der Waals surface area contributed by atoms with Gasteiger partial charge in [-0.2, -0.15) is 0 Å². The fourth-order valence-electron chi connectivity index (χ4n) is 3.78. The lowest BCUT2D eigenvalue weighted by atomic mass is 10.2. The second-order valence-corrected chi connectivity index (χ2v) is 10.0. The van der Waals surface area contributed by atoms with Crippen LogP contribution in [0.25, 0.3) is 26.9 Å². The van der Waals surface area contributed by atoms with Crippen molar-refractivity contribution in [2.24, 2.45) is 0 Å². The van der Waals surface area contributed by atoms with E-state index in [0.29, 0.717) is 34.1 Å². The largest absolute Gasteiger partial charge is 0.309 e. The number of hydrogen-bond donors (Lipinski definition) is 1. The number of fused-ring (bicyclic) bond motifs is 4. The van der Waals surface area contributed by atoms with Crippen LogP contribution in [0.2, 0.25) is 0 Å². The molecule has 1 N–H and O–H groups in total. The van der Waals surface area contributed by atoms with Crippen molar-refractivity contribution in [2.45, 2.75) is 37.7 Å². The maximum absolute atomic E-state index is 13.0. The van der Waals surface area contributed by atoms with Crippen LogP contribution in [0.4, 0.5) is 0 Å². The Morgan fingerprint density at radius 1 is 1.25 bits per heavy atom. The molecule has 0 bridgehead atoms. The molecule has 5 aromatic rings. The first-order valence-electron chi connectivity index (χ1n) is 10.0. The minimum atomic E-state index is -0.194. The molecule has 0 aliphatic heterocycles. The van der Waals surface area contributed by atoms with Crippen LogP contribution in [0.1, 0.15) is 28.4 Å². The van der Waals surface area contributed by atoms with Gasteiger partial charge in [0.2, 0.25) is 5.78 Å². The maximum Gasteiger partial charge on any atom is 0.263 e. The Bertz CT molecular complexity index is 1640. The number of thioether (sulfide) groups is 1. The Balaban J connectivity index is 1.65. The third-order valence-corrected chi connectivity index (χ3v) is 7.67. The summed E-state index contributed by atoms with van der Waals surface area (Å²) in [5.41, 5.74) is 1.44. The van der Waals surface area contributed by atoms with Crippen molar-refractivity contribution < 1.29 is 0 Å². The second-order valence-electron chi connectivity index (χ2n) is 7.51. The lowest BCUT2D eigenvalue weighted by Gasteiger charge is -2.12. The first-order chi connectivity index (χ1) is 15.4. The number of aromatic amines is 1. The molecule has 0 spiro atoms. The summed E-state index contributed by atoms with van der Waals surface area (Å²) in [6.07, 6.45) is 1.66. The van der Waals surface area contributed by atoms with Gasteiger partial charge in [-0.1, -0.05) is 30.0 Å². The number of allylic oxidation sites excluding steroid dienone is 1. The van der Waals surface area contributed by atoms with Crippen molar-refractivity contribution in [3.8, 4) is 0 Å². The number of aryl methyl sites for hydroxylation is 2. The Labute approximate surface area is 190 Å². The summed E-state index contributed by atoms with van der Waals surface area (Å²) >= 11 is 2.95. The summed E-state index contributed by atoms with van der Waals surface area (Å²) in [6, 6.07) is 7.39. The van der Waals surface area contributed by atoms with E-state index in [1.54, 1.807) is 16.7 Å². The predicted octanol–water partition coefficient (Wildman–Crippen LogP) is 4.00. The van der Waals surface area contributed by atoms with Crippen LogP contribution in [0, 0.1) is 13.8 Å². The summed E-state index contributed by atoms with van der Waals surface area (Å²) in [6.45, 7) is 9.99. The summed E-state index contributed by atoms with van der Waals surface area (Å²) in [4.78, 5) is 35.1. The van der Waals surface area contributed by atoms with Crippen LogP contribution >= 0.6 is 23.1 Å². The lowest BCUT2D eigenvalue weighted by molar-refractivity contribution is 0.783. The monoisotopic (exact) mass is 464 g/mol. The van der Waals surface area contributed by atoms with Crippen LogP contribution in [0.3, 0.4) is 0 Å². The van der Waals surface area contributed by atoms with Crippen LogP contribution in [0.15, 0.2) is 51.7 Å². The molecule has 0 aliphatic carbocycles. The van der Waals surface area contributed by atoms with Gasteiger partial charge >= 0.3 is 0 Å². The highest BCUT2D eigenvalue weighted by Gasteiger charge is 2.21. The zero-order valence-corrected chi connectivity index (χ0v) is 19.4. The minimum absolute atomic E-state index is 0.129. The standard InChI is InChI=1S/C22H20N6O2S2/c1-5-10-27-20(30)14-8-6-7-9-15(14)28-21(27)25-26-22(28)32-13(4)17-23-18(29)16-11(2)12(3)31-19(16)24-17/h5-9,13H,1,10H2,2-4H3,(H,23,24,29). The highest BCUT2D eigenvalue weighted by molar-refractivity contribution is 7.99. The molecular formula is C22H20N6O2S2. The molecule has 0 amide bonds. The van der Waals surface area contributed by atoms with Crippen molar-refractivity contribution in [1.82, 2.24) is 29.1 Å². The van der Waals surface area contributed by atoms with Crippen molar-refractivity contribution in [3.05, 3.63) is 73.9 Å². The molecule has 32 heavy (non-hydrogen) atoms. The smallest absolute Gasteiger partial charge is 0.263 e. The Hall–Kier alpha value is -3.24. The number of aromatic nitrogens is 6. The SMILES string of the molecule is C=CCn1c(=O)c2ccccc2n2c(SC(C)c3nc4sc(C)c(C)c4c(=O)[nH]3)nnc12. The summed E-state index contributed by atoms with van der Waals surface area (Å²) < 4.78 is 3.43. The van der Waals surface area contributed by atoms with Crippen molar-refractivity contribution >= 4 is 50.0 Å². The molecule has 4 heterocycles. The topological polar surface area (TPSA) is 97.9 Å². The number of thiophene rings is 1. The molecule has 0 saturated carbocycles. The van der Waals surface area contributed by atoms with E-state index >= 15 is 0 Å². The van der Waals surface area contributed by atoms with E-state index in [4.69, 9.17) is 4.98 Å². The van der Waals surface area contributed by atoms with E-state index in [-0.39, 0.29) is 16.4 Å². The summed E-state index contributed by atoms with van der Waals surface area (Å²) in [7, 11) is 0. The first kappa shape index (κ1) is 20.7. The molecule has 1 unspecified atom stereocenters. The fraction of sp³-hybridized carbons (Fsp3) is 0.227. The van der Waals surface area contributed by atoms with Crippen LogP contribution < -0.4 is 11.1 Å². The van der Waals surface area contributed by atoms with Gasteiger partial charge in [-0.3, -0.25) is 18.6 Å². The van der Waals surface area contributed by atoms with Gasteiger partial charge in [0.05, 0.1) is 21.5 Å². The minimum Gasteiger partial charge on any atom is -0.309 e. The number of hydrogen-bond acceptors (Lipinski definition) is 7. The van der Waals surface area contributed by atoms with Crippen LogP contribution in [-0.2, 0) is 6.54 Å². The van der Waals surface area contributed by atoms with E-state index in [0.717, 1.165) is 20.8 Å². The fourth-order valence-corrected chi connectivity index (χ4v) is 5.73. The molecule has 5 rings (SSSR count). The van der Waals surface area contributed by atoms with E-state index in [2.05, 4.69) is 21.8 Å². The molecule has 1 aromatic carbocycles. The number of benzene rings is 1. The maximum atomic E-state index is 13.0. The highest BCUT2D eigenvalue weighted by atomic mass is 32.2. The second kappa shape index (κ2) is 7.72. The number of para-hydroxylation sites is 1. The third kappa shape index (κ3) is 3.09. The van der Waals surface area contributed by atoms with E-state index < -0.39 is 0 Å². The number of nitrogens with one attached hydrogen (secondary N) is 1. The Kier molecular flexibility index (Phi) is 4.98. The van der Waals surface area contributed by atoms with Crippen molar-refractivity contribution in [3.63, 3.8) is 0 Å². The van der Waals surface area contributed by atoms with Gasteiger partial charge in [-0.05, 0) is 38.5 Å². The number of nitrogens with zero attached hydrogens (tertiary/aromatic N) is 5. The van der Waals surface area contributed by atoms with Crippen molar-refractivity contribution in [2.75, 3.05) is 0 Å². The molecule has 1 atom stereocenters. The van der Waals surface area contributed by atoms with Gasteiger partial charge in [-0.15, -0.1) is 28.1 Å². The quantitative estimate of drug-likeness (QED) is 0.312. The van der Waals surface area contributed by atoms with E-state index in [1.165, 1.54) is 23.1 Å². The van der Waals surface area contributed by atoms with E-state index in [9.17, 15) is 9.59 Å². The van der Waals surface area contributed by atoms with Gasteiger partial charge in [0.15, 0.2) is 5.16 Å². The molecule has 0 saturated heterocycles. The Morgan fingerprint density at radius 2 is 2.03 bits per heavy atom. The molecule has 0 aliphatic rings. The molecule has 4 aromatic heterocycles. The third-order valence-electron chi connectivity index (χ3n) is 5.51. The number of rotatable bonds is 5. The highest BCUT2D eigenvalue weighted by Crippen LogP contribution is 2.34. The van der Waals surface area contributed by atoms with Crippen LogP contribution in [0.5, 0.6) is 0 Å². The van der Waals surface area contributed by atoms with E-state index in [1.807, 2.05) is 43.4 Å². The van der Waals surface area contributed by atoms with Crippen LogP contribution in [-0.4, -0.2) is 29.1 Å². The molecule has 162 valence electrons. The lowest BCUT2D eigenvalue weighted by Crippen LogP contribution is -2.22. The molecule has 8 nitrogen and oxygen atoms in total. The first-order valence-corrected chi connectivity index (χ1v) is 11.7. The summed E-state index contributed by atoms with van der Waals surface area (Å²) in [5.74, 6) is 1.03. The van der Waals surface area contributed by atoms with Crippen molar-refractivity contribution in [1.29, 1.82) is 0 Å². The Morgan fingerprint density at radius 3 is 2.81 bits per heavy atom. The predicted molar refractivity (Wildman–Crippen MR) is 129 cm³/mol. The van der Waals surface area contributed by atoms with Gasteiger partial charge in [0.25, 0.3) is 11.1 Å². The zero-order valence-electron chi connectivity index (χ0n) is 17.7. The molecule has 0 fully saturated rings. The summed E-state index contributed by atoms with van der Waals surface area (Å²) in [5, 5.41) is 10.3. The average Bonchev–Trinajstić information content (AvgIpc) is 3.32. The average molecular weight is 465 g/mol. The van der Waals surface area contributed by atoms with Gasteiger partial charge in [0.1, 0.15) is 10.7 Å². The van der Waals surface area contributed by atoms with Gasteiger partial charge < -0.3 is 4.98 Å². The molecule has 10 heteroatoms. The normalized spacial score (nSPS) is 12.7. The molecular weight excluding hydrogens is 444 g/mol. The number of H-pyrrole nitrogens is 1. The van der Waals surface area contributed by atoms with Gasteiger partial charge in [-0.25, -0.2) is 4.98 Å². The van der Waals surface area contributed by atoms with Gasteiger partial charge in [0, 0.05) is 11.4 Å².